The van der Waals surface area contributed by atoms with E-state index in [2.05, 4.69) is 12.2 Å². The molecule has 0 fully saturated rings. The van der Waals surface area contributed by atoms with Gasteiger partial charge in [0.2, 0.25) is 5.91 Å². The first-order valence-electron chi connectivity index (χ1n) is 5.91. The minimum Gasteiger partial charge on any atom is -0.399 e. The lowest BCUT2D eigenvalue weighted by Crippen LogP contribution is -2.22. The number of benzene rings is 1. The normalized spacial score (nSPS) is 12.1. The molecular weight excluding hydrogens is 232 g/mol. The van der Waals surface area contributed by atoms with Crippen LogP contribution in [-0.4, -0.2) is 16.9 Å². The Morgan fingerprint density at radius 3 is 2.94 bits per heavy atom. The van der Waals surface area contributed by atoms with Crippen molar-refractivity contribution in [3.8, 4) is 0 Å². The molecule has 1 aromatic carbocycles. The topological polar surface area (TPSA) is 55.1 Å². The summed E-state index contributed by atoms with van der Waals surface area (Å²) in [6, 6.07) is 7.24. The molecule has 0 saturated carbocycles. The number of nitrogens with two attached hydrogens (primary N) is 1. The molecule has 1 rings (SSSR count). The van der Waals surface area contributed by atoms with Gasteiger partial charge in [-0.1, -0.05) is 19.4 Å². The third-order valence-corrected chi connectivity index (χ3v) is 3.63. The molecule has 0 aliphatic heterocycles. The van der Waals surface area contributed by atoms with Gasteiger partial charge in [0, 0.05) is 11.4 Å². The number of nitrogens with one attached hydrogen (secondary N) is 1. The highest BCUT2D eigenvalue weighted by atomic mass is 32.2. The van der Waals surface area contributed by atoms with Crippen LogP contribution in [-0.2, 0) is 4.79 Å². The smallest absolute Gasteiger partial charge is 0.237 e. The number of hydrogen-bond acceptors (Lipinski definition) is 3. The SMILES string of the molecule is CCCCSC(C)C(=O)Nc1cccc(N)c1. The van der Waals surface area contributed by atoms with Gasteiger partial charge in [-0.05, 0) is 37.3 Å². The highest BCUT2D eigenvalue weighted by Gasteiger charge is 2.12. The lowest BCUT2D eigenvalue weighted by Gasteiger charge is -2.12. The third-order valence-electron chi connectivity index (χ3n) is 2.39. The number of hydrogen-bond donors (Lipinski definition) is 2. The number of amides is 1. The van der Waals surface area contributed by atoms with Gasteiger partial charge < -0.3 is 11.1 Å². The molecule has 1 unspecified atom stereocenters. The van der Waals surface area contributed by atoms with E-state index in [-0.39, 0.29) is 11.2 Å². The fourth-order valence-electron chi connectivity index (χ4n) is 1.34. The van der Waals surface area contributed by atoms with Crippen molar-refractivity contribution in [2.24, 2.45) is 0 Å². The highest BCUT2D eigenvalue weighted by Crippen LogP contribution is 2.17. The first kappa shape index (κ1) is 13.9. The van der Waals surface area contributed by atoms with Gasteiger partial charge >= 0.3 is 0 Å². The summed E-state index contributed by atoms with van der Waals surface area (Å²) in [5.41, 5.74) is 7.08. The quantitative estimate of drug-likeness (QED) is 0.604. The molecule has 3 nitrogen and oxygen atoms in total. The van der Waals surface area contributed by atoms with E-state index in [0.29, 0.717) is 5.69 Å². The van der Waals surface area contributed by atoms with E-state index in [1.54, 1.807) is 23.9 Å². The molecule has 0 aliphatic rings. The Morgan fingerprint density at radius 2 is 2.29 bits per heavy atom. The predicted molar refractivity (Wildman–Crippen MR) is 76.3 cm³/mol. The Balaban J connectivity index is 2.43. The summed E-state index contributed by atoms with van der Waals surface area (Å²) in [4.78, 5) is 11.8. The Kier molecular flexibility index (Phi) is 5.91. The largest absolute Gasteiger partial charge is 0.399 e. The van der Waals surface area contributed by atoms with Crippen LogP contribution in [0.1, 0.15) is 26.7 Å². The molecule has 0 saturated heterocycles. The predicted octanol–water partition coefficient (Wildman–Crippen LogP) is 3.13. The number of unbranched alkanes of at least 4 members (excludes halogenated alkanes) is 1. The second-order valence-corrected chi connectivity index (χ2v) is 5.43. The number of rotatable bonds is 6. The van der Waals surface area contributed by atoms with E-state index in [1.807, 2.05) is 19.1 Å². The second kappa shape index (κ2) is 7.22. The van der Waals surface area contributed by atoms with Crippen LogP contribution in [0, 0.1) is 0 Å². The van der Waals surface area contributed by atoms with Crippen LogP contribution < -0.4 is 11.1 Å². The van der Waals surface area contributed by atoms with Gasteiger partial charge in [-0.25, -0.2) is 0 Å². The van der Waals surface area contributed by atoms with Crippen molar-refractivity contribution in [1.82, 2.24) is 0 Å². The molecule has 94 valence electrons. The van der Waals surface area contributed by atoms with Crippen LogP contribution in [0.25, 0.3) is 0 Å². The van der Waals surface area contributed by atoms with E-state index in [9.17, 15) is 4.79 Å². The molecule has 0 spiro atoms. The molecule has 1 aromatic rings. The van der Waals surface area contributed by atoms with Gasteiger partial charge in [-0.3, -0.25) is 4.79 Å². The van der Waals surface area contributed by atoms with Gasteiger partial charge in [0.05, 0.1) is 5.25 Å². The Morgan fingerprint density at radius 1 is 1.53 bits per heavy atom. The van der Waals surface area contributed by atoms with Crippen LogP contribution in [0.3, 0.4) is 0 Å². The first-order chi connectivity index (χ1) is 8.13. The second-order valence-electron chi connectivity index (χ2n) is 3.98. The van der Waals surface area contributed by atoms with E-state index in [1.165, 1.54) is 0 Å². The van der Waals surface area contributed by atoms with Crippen molar-refractivity contribution < 1.29 is 4.79 Å². The monoisotopic (exact) mass is 252 g/mol. The van der Waals surface area contributed by atoms with Gasteiger partial charge in [0.25, 0.3) is 0 Å². The number of carbonyl (C=O) groups excluding carboxylic acids is 1. The van der Waals surface area contributed by atoms with Crippen LogP contribution in [0.4, 0.5) is 11.4 Å². The van der Waals surface area contributed by atoms with Crippen molar-refractivity contribution in [1.29, 1.82) is 0 Å². The lowest BCUT2D eigenvalue weighted by molar-refractivity contribution is -0.115. The van der Waals surface area contributed by atoms with Crippen molar-refractivity contribution in [2.75, 3.05) is 16.8 Å². The van der Waals surface area contributed by atoms with E-state index in [4.69, 9.17) is 5.73 Å². The summed E-state index contributed by atoms with van der Waals surface area (Å²) in [7, 11) is 0. The van der Waals surface area contributed by atoms with E-state index < -0.39 is 0 Å². The zero-order chi connectivity index (χ0) is 12.7. The highest BCUT2D eigenvalue weighted by molar-refractivity contribution is 8.00. The summed E-state index contributed by atoms with van der Waals surface area (Å²) in [5, 5.41) is 2.84. The molecule has 0 radical (unpaired) electrons. The maximum atomic E-state index is 11.8. The zero-order valence-electron chi connectivity index (χ0n) is 10.4. The first-order valence-corrected chi connectivity index (χ1v) is 6.96. The molecule has 0 bridgehead atoms. The maximum absolute atomic E-state index is 11.8. The van der Waals surface area contributed by atoms with E-state index in [0.717, 1.165) is 24.3 Å². The number of anilines is 2. The third kappa shape index (κ3) is 5.13. The number of thioether (sulfide) groups is 1. The molecule has 0 aliphatic carbocycles. The maximum Gasteiger partial charge on any atom is 0.237 e. The molecule has 0 heterocycles. The molecular formula is C13H20N2OS. The molecule has 4 heteroatoms. The van der Waals surface area contributed by atoms with Crippen molar-refractivity contribution in [3.05, 3.63) is 24.3 Å². The zero-order valence-corrected chi connectivity index (χ0v) is 11.2. The summed E-state index contributed by atoms with van der Waals surface area (Å²) < 4.78 is 0. The van der Waals surface area contributed by atoms with Crippen molar-refractivity contribution in [3.63, 3.8) is 0 Å². The average molecular weight is 252 g/mol. The molecule has 0 aromatic heterocycles. The van der Waals surface area contributed by atoms with E-state index >= 15 is 0 Å². The van der Waals surface area contributed by atoms with Crippen molar-refractivity contribution in [2.45, 2.75) is 31.9 Å². The molecule has 3 N–H and O–H groups in total. The van der Waals surface area contributed by atoms with Gasteiger partial charge in [0.15, 0.2) is 0 Å². The molecule has 17 heavy (non-hydrogen) atoms. The fourth-order valence-corrected chi connectivity index (χ4v) is 2.36. The Labute approximate surface area is 107 Å². The minimum absolute atomic E-state index is 0.0250. The van der Waals surface area contributed by atoms with Gasteiger partial charge in [0.1, 0.15) is 0 Å². The van der Waals surface area contributed by atoms with Gasteiger partial charge in [-0.2, -0.15) is 0 Å². The summed E-state index contributed by atoms with van der Waals surface area (Å²) >= 11 is 1.69. The van der Waals surface area contributed by atoms with Gasteiger partial charge in [-0.15, -0.1) is 11.8 Å². The van der Waals surface area contributed by atoms with Crippen LogP contribution >= 0.6 is 11.8 Å². The van der Waals surface area contributed by atoms with Crippen LogP contribution in [0.2, 0.25) is 0 Å². The number of carbonyl (C=O) groups is 1. The minimum atomic E-state index is -0.0250. The number of nitrogen functional groups attached to an aromatic ring is 1. The average Bonchev–Trinajstić information content (AvgIpc) is 2.29. The summed E-state index contributed by atoms with van der Waals surface area (Å²) in [5.74, 6) is 1.07. The molecule has 1 atom stereocenters. The summed E-state index contributed by atoms with van der Waals surface area (Å²) in [6.45, 7) is 4.08. The fraction of sp³-hybridized carbons (Fsp3) is 0.462. The standard InChI is InChI=1S/C13H20N2OS/c1-3-4-8-17-10(2)13(16)15-12-7-5-6-11(14)9-12/h5-7,9-10H,3-4,8,14H2,1-2H3,(H,15,16). The lowest BCUT2D eigenvalue weighted by atomic mass is 10.3. The Bertz CT molecular complexity index is 368. The van der Waals surface area contributed by atoms with Crippen molar-refractivity contribution >= 4 is 29.0 Å². The van der Waals surface area contributed by atoms with Crippen LogP contribution in [0.5, 0.6) is 0 Å². The van der Waals surface area contributed by atoms with Crippen LogP contribution in [0.15, 0.2) is 24.3 Å². The Hall–Kier alpha value is -1.16. The summed E-state index contributed by atoms with van der Waals surface area (Å²) in [6.07, 6.45) is 2.32. The molecule has 1 amide bonds.